The monoisotopic (exact) mass is 221 g/mol. The molecule has 90 valence electrons. The van der Waals surface area contributed by atoms with E-state index >= 15 is 0 Å². The lowest BCUT2D eigenvalue weighted by Gasteiger charge is -2.12. The second-order valence-electron chi connectivity index (χ2n) is 4.32. The fourth-order valence-corrected chi connectivity index (χ4v) is 1.86. The van der Waals surface area contributed by atoms with Gasteiger partial charge in [0.25, 0.3) is 0 Å². The van der Waals surface area contributed by atoms with Crippen LogP contribution in [0.2, 0.25) is 0 Å². The van der Waals surface area contributed by atoms with Crippen molar-refractivity contribution in [3.8, 4) is 0 Å². The third kappa shape index (κ3) is 4.33. The topological polar surface area (TPSA) is 46.2 Å². The molecule has 0 saturated heterocycles. The fraction of sp³-hybridized carbons (Fsp3) is 0.571. The molecule has 1 aromatic carbocycles. The van der Waals surface area contributed by atoms with Crippen molar-refractivity contribution in [2.45, 2.75) is 45.1 Å². The van der Waals surface area contributed by atoms with Crippen LogP contribution in [0.3, 0.4) is 0 Å². The summed E-state index contributed by atoms with van der Waals surface area (Å²) in [5, 5.41) is 8.70. The molecule has 16 heavy (non-hydrogen) atoms. The molecule has 0 amide bonds. The molecule has 0 aromatic heterocycles. The minimum atomic E-state index is 0.113. The van der Waals surface area contributed by atoms with E-state index in [0.717, 1.165) is 25.7 Å². The van der Waals surface area contributed by atoms with Crippen molar-refractivity contribution >= 4 is 0 Å². The lowest BCUT2D eigenvalue weighted by molar-refractivity contribution is 0.281. The van der Waals surface area contributed by atoms with E-state index in [-0.39, 0.29) is 12.6 Å². The van der Waals surface area contributed by atoms with Gasteiger partial charge in [-0.15, -0.1) is 0 Å². The maximum Gasteiger partial charge on any atom is 0.0431 e. The Bertz CT molecular complexity index is 281. The number of aryl methyl sites for hydroxylation is 1. The van der Waals surface area contributed by atoms with Crippen molar-refractivity contribution in [1.82, 2.24) is 0 Å². The molecule has 0 spiro atoms. The Balaban J connectivity index is 2.46. The van der Waals surface area contributed by atoms with Crippen molar-refractivity contribution in [2.75, 3.05) is 6.61 Å². The van der Waals surface area contributed by atoms with E-state index in [1.807, 2.05) is 0 Å². The summed E-state index contributed by atoms with van der Waals surface area (Å²) in [6.45, 7) is 2.46. The third-order valence-electron chi connectivity index (χ3n) is 2.87. The predicted octanol–water partition coefficient (Wildman–Crippen LogP) is 2.80. The first kappa shape index (κ1) is 13.2. The van der Waals surface area contributed by atoms with Crippen LogP contribution < -0.4 is 5.73 Å². The lowest BCUT2D eigenvalue weighted by Crippen LogP contribution is -2.10. The van der Waals surface area contributed by atoms with Gasteiger partial charge in [-0.25, -0.2) is 0 Å². The summed E-state index contributed by atoms with van der Waals surface area (Å²) in [5.74, 6) is 0. The van der Waals surface area contributed by atoms with Crippen LogP contribution in [0.25, 0.3) is 0 Å². The molecule has 1 aromatic rings. The number of benzene rings is 1. The quantitative estimate of drug-likeness (QED) is 0.695. The Morgan fingerprint density at radius 2 is 1.88 bits per heavy atom. The maximum atomic E-state index is 8.70. The average Bonchev–Trinajstić information content (AvgIpc) is 2.30. The number of nitrogens with two attached hydrogens (primary N) is 1. The molecule has 0 radical (unpaired) electrons. The number of hydrogen-bond donors (Lipinski definition) is 2. The summed E-state index contributed by atoms with van der Waals surface area (Å²) in [5.41, 5.74) is 8.67. The summed E-state index contributed by atoms with van der Waals surface area (Å²) in [6.07, 6.45) is 5.12. The van der Waals surface area contributed by atoms with Gasteiger partial charge in [0.15, 0.2) is 0 Å². The first-order chi connectivity index (χ1) is 7.77. The van der Waals surface area contributed by atoms with E-state index in [4.69, 9.17) is 10.8 Å². The van der Waals surface area contributed by atoms with Gasteiger partial charge in [-0.1, -0.05) is 37.6 Å². The van der Waals surface area contributed by atoms with E-state index in [2.05, 4.69) is 31.2 Å². The third-order valence-corrected chi connectivity index (χ3v) is 2.87. The molecule has 1 rings (SSSR count). The molecule has 2 heteroatoms. The van der Waals surface area contributed by atoms with E-state index in [1.54, 1.807) is 0 Å². The zero-order valence-electron chi connectivity index (χ0n) is 10.2. The molecule has 1 unspecified atom stereocenters. The Hall–Kier alpha value is -0.860. The summed E-state index contributed by atoms with van der Waals surface area (Å²) in [4.78, 5) is 0. The van der Waals surface area contributed by atoms with Gasteiger partial charge in [-0.05, 0) is 36.8 Å². The number of unbranched alkanes of at least 4 members (excludes halogenated alkanes) is 1. The van der Waals surface area contributed by atoms with Gasteiger partial charge in [0.2, 0.25) is 0 Å². The van der Waals surface area contributed by atoms with E-state index in [1.165, 1.54) is 17.5 Å². The molecular formula is C14H23NO. The summed E-state index contributed by atoms with van der Waals surface area (Å²) < 4.78 is 0. The normalized spacial score (nSPS) is 12.7. The molecule has 0 aliphatic carbocycles. The minimum absolute atomic E-state index is 0.113. The lowest BCUT2D eigenvalue weighted by atomic mass is 9.99. The molecule has 0 aliphatic rings. The Kier molecular flexibility index (Phi) is 6.12. The standard InChI is InChI=1S/C14H23NO/c1-2-5-12-7-9-13(10-8-12)14(15)6-3-4-11-16/h7-10,14,16H,2-6,11,15H2,1H3. The van der Waals surface area contributed by atoms with Gasteiger partial charge < -0.3 is 10.8 Å². The van der Waals surface area contributed by atoms with Crippen LogP contribution in [0, 0.1) is 0 Å². The SMILES string of the molecule is CCCc1ccc(C(N)CCCCO)cc1. The molecule has 0 aliphatic heterocycles. The van der Waals surface area contributed by atoms with Gasteiger partial charge in [0, 0.05) is 12.6 Å². The predicted molar refractivity (Wildman–Crippen MR) is 68.3 cm³/mol. The zero-order valence-corrected chi connectivity index (χ0v) is 10.2. The van der Waals surface area contributed by atoms with Crippen LogP contribution in [-0.2, 0) is 6.42 Å². The van der Waals surface area contributed by atoms with Crippen LogP contribution in [-0.4, -0.2) is 11.7 Å². The van der Waals surface area contributed by atoms with Crippen LogP contribution in [0.4, 0.5) is 0 Å². The van der Waals surface area contributed by atoms with E-state index < -0.39 is 0 Å². The number of rotatable bonds is 7. The van der Waals surface area contributed by atoms with E-state index in [9.17, 15) is 0 Å². The number of aliphatic hydroxyl groups excluding tert-OH is 1. The van der Waals surface area contributed by atoms with Crippen molar-refractivity contribution in [1.29, 1.82) is 0 Å². The second kappa shape index (κ2) is 7.42. The highest BCUT2D eigenvalue weighted by Crippen LogP contribution is 2.17. The minimum Gasteiger partial charge on any atom is -0.396 e. The molecule has 0 bridgehead atoms. The highest BCUT2D eigenvalue weighted by molar-refractivity contribution is 5.24. The maximum absolute atomic E-state index is 8.70. The summed E-state index contributed by atoms with van der Waals surface area (Å²) in [7, 11) is 0. The zero-order chi connectivity index (χ0) is 11.8. The summed E-state index contributed by atoms with van der Waals surface area (Å²) in [6, 6.07) is 8.72. The fourth-order valence-electron chi connectivity index (χ4n) is 1.86. The van der Waals surface area contributed by atoms with Gasteiger partial charge >= 0.3 is 0 Å². The van der Waals surface area contributed by atoms with Crippen LogP contribution in [0.15, 0.2) is 24.3 Å². The van der Waals surface area contributed by atoms with Crippen molar-refractivity contribution in [3.05, 3.63) is 35.4 Å². The molecule has 1 atom stereocenters. The van der Waals surface area contributed by atoms with Crippen LogP contribution in [0.1, 0.15) is 49.8 Å². The second-order valence-corrected chi connectivity index (χ2v) is 4.32. The Morgan fingerprint density at radius 1 is 1.19 bits per heavy atom. The first-order valence-electron chi connectivity index (χ1n) is 6.23. The number of hydrogen-bond acceptors (Lipinski definition) is 2. The highest BCUT2D eigenvalue weighted by atomic mass is 16.2. The average molecular weight is 221 g/mol. The smallest absolute Gasteiger partial charge is 0.0431 e. The van der Waals surface area contributed by atoms with Gasteiger partial charge in [0.1, 0.15) is 0 Å². The molecule has 3 N–H and O–H groups in total. The molecule has 0 saturated carbocycles. The van der Waals surface area contributed by atoms with Crippen molar-refractivity contribution < 1.29 is 5.11 Å². The summed E-state index contributed by atoms with van der Waals surface area (Å²) >= 11 is 0. The molecular weight excluding hydrogens is 198 g/mol. The molecule has 0 heterocycles. The van der Waals surface area contributed by atoms with Gasteiger partial charge in [0.05, 0.1) is 0 Å². The van der Waals surface area contributed by atoms with Crippen molar-refractivity contribution in [3.63, 3.8) is 0 Å². The Labute approximate surface area is 98.5 Å². The molecule has 2 nitrogen and oxygen atoms in total. The first-order valence-corrected chi connectivity index (χ1v) is 6.23. The highest BCUT2D eigenvalue weighted by Gasteiger charge is 2.05. The van der Waals surface area contributed by atoms with Crippen molar-refractivity contribution in [2.24, 2.45) is 5.73 Å². The van der Waals surface area contributed by atoms with Crippen LogP contribution >= 0.6 is 0 Å². The van der Waals surface area contributed by atoms with E-state index in [0.29, 0.717) is 0 Å². The Morgan fingerprint density at radius 3 is 2.44 bits per heavy atom. The van der Waals surface area contributed by atoms with Crippen LogP contribution in [0.5, 0.6) is 0 Å². The van der Waals surface area contributed by atoms with Gasteiger partial charge in [-0.2, -0.15) is 0 Å². The number of aliphatic hydroxyl groups is 1. The largest absolute Gasteiger partial charge is 0.396 e. The molecule has 0 fully saturated rings. The van der Waals surface area contributed by atoms with Gasteiger partial charge in [-0.3, -0.25) is 0 Å².